The van der Waals surface area contributed by atoms with Gasteiger partial charge in [-0.3, -0.25) is 4.79 Å². The first kappa shape index (κ1) is 12.3. The minimum atomic E-state index is -0.480. The van der Waals surface area contributed by atoms with Gasteiger partial charge in [-0.25, -0.2) is 0 Å². The quantitative estimate of drug-likeness (QED) is 0.769. The van der Waals surface area contributed by atoms with Gasteiger partial charge in [0, 0.05) is 30.6 Å². The fourth-order valence-corrected chi connectivity index (χ4v) is 3.90. The van der Waals surface area contributed by atoms with E-state index in [1.54, 1.807) is 6.92 Å². The van der Waals surface area contributed by atoms with E-state index in [1.807, 2.05) is 0 Å². The van der Waals surface area contributed by atoms with Crippen LogP contribution >= 0.6 is 0 Å². The number of carbonyl (C=O) groups excluding carboxylic acids is 2. The van der Waals surface area contributed by atoms with Crippen molar-refractivity contribution >= 4 is 11.6 Å². The van der Waals surface area contributed by atoms with E-state index in [1.165, 1.54) is 0 Å². The summed E-state index contributed by atoms with van der Waals surface area (Å²) in [6.45, 7) is 2.89. The molecule has 0 unspecified atom stereocenters. The van der Waals surface area contributed by atoms with Crippen molar-refractivity contribution in [3.05, 3.63) is 0 Å². The summed E-state index contributed by atoms with van der Waals surface area (Å²) in [5, 5.41) is 0. The maximum absolute atomic E-state index is 12.3. The third kappa shape index (κ3) is 1.74. The Morgan fingerprint density at radius 1 is 1.33 bits per heavy atom. The number of fused-ring (bicyclic) bond motifs is 3. The Kier molecular flexibility index (Phi) is 2.83. The molecule has 1 saturated heterocycles. The summed E-state index contributed by atoms with van der Waals surface area (Å²) in [6, 6.07) is 0. The van der Waals surface area contributed by atoms with Gasteiger partial charge in [0.05, 0.1) is 13.2 Å². The average molecular weight is 252 g/mol. The molecule has 3 rings (SSSR count). The van der Waals surface area contributed by atoms with E-state index < -0.39 is 5.79 Å². The molecule has 4 heteroatoms. The molecule has 18 heavy (non-hydrogen) atoms. The molecule has 2 bridgehead atoms. The summed E-state index contributed by atoms with van der Waals surface area (Å²) in [5.41, 5.74) is -0.253. The van der Waals surface area contributed by atoms with Crippen molar-refractivity contribution in [1.29, 1.82) is 0 Å². The van der Waals surface area contributed by atoms with Gasteiger partial charge in [0.15, 0.2) is 5.79 Å². The highest BCUT2D eigenvalue weighted by Gasteiger charge is 2.60. The molecule has 1 heterocycles. The van der Waals surface area contributed by atoms with E-state index in [9.17, 15) is 9.59 Å². The molecule has 3 aliphatic rings. The molecule has 100 valence electrons. The van der Waals surface area contributed by atoms with Gasteiger partial charge in [-0.15, -0.1) is 0 Å². The van der Waals surface area contributed by atoms with Crippen LogP contribution < -0.4 is 0 Å². The topological polar surface area (TPSA) is 52.6 Å². The number of hydrogen-bond acceptors (Lipinski definition) is 4. The summed E-state index contributed by atoms with van der Waals surface area (Å²) >= 11 is 0. The Bertz CT molecular complexity index is 383. The van der Waals surface area contributed by atoms with Crippen LogP contribution in [0.5, 0.6) is 0 Å². The number of Topliss-reactive ketones (excluding diaryl/α,β-unsaturated/α-hetero) is 2. The molecule has 1 aliphatic heterocycles. The molecule has 1 spiro atoms. The van der Waals surface area contributed by atoms with E-state index in [4.69, 9.17) is 9.47 Å². The van der Waals surface area contributed by atoms with Crippen LogP contribution in [0, 0.1) is 11.3 Å². The molecule has 2 saturated carbocycles. The maximum atomic E-state index is 12.3. The monoisotopic (exact) mass is 252 g/mol. The Morgan fingerprint density at radius 2 is 2.06 bits per heavy atom. The summed E-state index contributed by atoms with van der Waals surface area (Å²) in [6.07, 6.45) is 4.27. The third-order valence-electron chi connectivity index (χ3n) is 4.97. The molecule has 0 N–H and O–H groups in total. The van der Waals surface area contributed by atoms with Gasteiger partial charge in [0.1, 0.15) is 11.6 Å². The first-order valence-corrected chi connectivity index (χ1v) is 6.87. The lowest BCUT2D eigenvalue weighted by Crippen LogP contribution is -2.43. The van der Waals surface area contributed by atoms with Gasteiger partial charge >= 0.3 is 0 Å². The van der Waals surface area contributed by atoms with Crippen molar-refractivity contribution in [2.45, 2.75) is 51.2 Å². The molecule has 3 fully saturated rings. The van der Waals surface area contributed by atoms with Crippen LogP contribution in [-0.2, 0) is 19.1 Å². The molecule has 0 aromatic rings. The largest absolute Gasteiger partial charge is 0.347 e. The van der Waals surface area contributed by atoms with Gasteiger partial charge in [-0.05, 0) is 26.2 Å². The minimum Gasteiger partial charge on any atom is -0.347 e. The van der Waals surface area contributed by atoms with Gasteiger partial charge in [-0.2, -0.15) is 0 Å². The SMILES string of the molecule is CC(=O)CC[C@@]12CCC3(OCCO3)[C@@H](CC1=O)C2. The fourth-order valence-electron chi connectivity index (χ4n) is 3.90. The highest BCUT2D eigenvalue weighted by Crippen LogP contribution is 2.57. The zero-order valence-electron chi connectivity index (χ0n) is 10.9. The van der Waals surface area contributed by atoms with Crippen LogP contribution in [0.4, 0.5) is 0 Å². The number of ketones is 2. The lowest BCUT2D eigenvalue weighted by molar-refractivity contribution is -0.214. The van der Waals surface area contributed by atoms with Crippen LogP contribution in [0.3, 0.4) is 0 Å². The second-order valence-electron chi connectivity index (χ2n) is 6.02. The van der Waals surface area contributed by atoms with E-state index in [-0.39, 0.29) is 17.1 Å². The number of rotatable bonds is 3. The lowest BCUT2D eigenvalue weighted by Gasteiger charge is -2.41. The first-order chi connectivity index (χ1) is 8.56. The standard InChI is InChI=1S/C14H20O4/c1-10(15)2-3-13-4-5-14(17-6-7-18-14)11(9-13)8-12(13)16/h11H,2-9H2,1H3/t11-,13-/m0/s1. The van der Waals surface area contributed by atoms with Crippen molar-refractivity contribution in [3.63, 3.8) is 0 Å². The molecule has 2 atom stereocenters. The van der Waals surface area contributed by atoms with Gasteiger partial charge in [0.25, 0.3) is 0 Å². The molecule has 4 nitrogen and oxygen atoms in total. The zero-order valence-corrected chi connectivity index (χ0v) is 10.9. The van der Waals surface area contributed by atoms with Crippen LogP contribution in [0.1, 0.15) is 45.4 Å². The Balaban J connectivity index is 1.77. The lowest BCUT2D eigenvalue weighted by atomic mass is 9.70. The Hall–Kier alpha value is -0.740. The zero-order chi connectivity index (χ0) is 12.8. The summed E-state index contributed by atoms with van der Waals surface area (Å²) in [7, 11) is 0. The molecule has 0 radical (unpaired) electrons. The summed E-state index contributed by atoms with van der Waals surface area (Å²) in [5.74, 6) is 0.221. The van der Waals surface area contributed by atoms with Gasteiger partial charge < -0.3 is 14.3 Å². The van der Waals surface area contributed by atoms with Crippen LogP contribution in [0.15, 0.2) is 0 Å². The predicted octanol–water partition coefficient (Wildman–Crippen LogP) is 1.86. The molecular formula is C14H20O4. The average Bonchev–Trinajstić information content (AvgIpc) is 2.89. The summed E-state index contributed by atoms with van der Waals surface area (Å²) in [4.78, 5) is 23.5. The Labute approximate surface area is 107 Å². The van der Waals surface area contributed by atoms with E-state index >= 15 is 0 Å². The van der Waals surface area contributed by atoms with Crippen LogP contribution in [0.2, 0.25) is 0 Å². The van der Waals surface area contributed by atoms with Crippen LogP contribution in [0.25, 0.3) is 0 Å². The normalized spacial score (nSPS) is 37.4. The van der Waals surface area contributed by atoms with Gasteiger partial charge in [0.2, 0.25) is 0 Å². The van der Waals surface area contributed by atoms with Crippen molar-refractivity contribution in [2.75, 3.05) is 13.2 Å². The molecular weight excluding hydrogens is 232 g/mol. The fraction of sp³-hybridized carbons (Fsp3) is 0.857. The predicted molar refractivity (Wildman–Crippen MR) is 63.9 cm³/mol. The molecule has 2 aliphatic carbocycles. The Morgan fingerprint density at radius 3 is 2.72 bits per heavy atom. The molecule has 0 aromatic heterocycles. The molecule has 0 amide bonds. The highest BCUT2D eigenvalue weighted by atomic mass is 16.7. The van der Waals surface area contributed by atoms with E-state index in [0.29, 0.717) is 38.3 Å². The third-order valence-corrected chi connectivity index (χ3v) is 4.97. The first-order valence-electron chi connectivity index (χ1n) is 6.87. The summed E-state index contributed by atoms with van der Waals surface area (Å²) < 4.78 is 11.6. The van der Waals surface area contributed by atoms with E-state index in [2.05, 4.69) is 0 Å². The second kappa shape index (κ2) is 4.14. The smallest absolute Gasteiger partial charge is 0.171 e. The number of carbonyl (C=O) groups is 2. The highest BCUT2D eigenvalue weighted by molar-refractivity contribution is 5.88. The molecule has 0 aromatic carbocycles. The maximum Gasteiger partial charge on any atom is 0.171 e. The van der Waals surface area contributed by atoms with Gasteiger partial charge in [-0.1, -0.05) is 0 Å². The van der Waals surface area contributed by atoms with Crippen molar-refractivity contribution < 1.29 is 19.1 Å². The number of ether oxygens (including phenoxy) is 2. The number of hydrogen-bond donors (Lipinski definition) is 0. The van der Waals surface area contributed by atoms with Crippen molar-refractivity contribution in [1.82, 2.24) is 0 Å². The minimum absolute atomic E-state index is 0.175. The van der Waals surface area contributed by atoms with Crippen molar-refractivity contribution in [3.8, 4) is 0 Å². The second-order valence-corrected chi connectivity index (χ2v) is 6.02. The van der Waals surface area contributed by atoms with E-state index in [0.717, 1.165) is 19.3 Å². The van der Waals surface area contributed by atoms with Crippen molar-refractivity contribution in [2.24, 2.45) is 11.3 Å². The van der Waals surface area contributed by atoms with Crippen LogP contribution in [-0.4, -0.2) is 30.6 Å².